The van der Waals surface area contributed by atoms with E-state index < -0.39 is 10.8 Å². The summed E-state index contributed by atoms with van der Waals surface area (Å²) < 4.78 is 10.8. The van der Waals surface area contributed by atoms with Gasteiger partial charge in [-0.1, -0.05) is 6.92 Å². The van der Waals surface area contributed by atoms with Gasteiger partial charge in [0.2, 0.25) is 5.91 Å². The minimum atomic E-state index is -0.853. The molecule has 5 heteroatoms. The van der Waals surface area contributed by atoms with Crippen LogP contribution in [0.1, 0.15) is 13.8 Å². The minimum absolute atomic E-state index is 0.0167. The Labute approximate surface area is 81.9 Å². The topological polar surface area (TPSA) is 58.2 Å². The Kier molecular flexibility index (Phi) is 6.80. The highest BCUT2D eigenvalue weighted by Crippen LogP contribution is 1.84. The van der Waals surface area contributed by atoms with Crippen molar-refractivity contribution in [3.8, 4) is 0 Å². The summed E-state index contributed by atoms with van der Waals surface area (Å²) in [5.41, 5.74) is 0. The number of rotatable bonds is 6. The third-order valence-electron chi connectivity index (χ3n) is 1.43. The lowest BCUT2D eigenvalue weighted by Gasteiger charge is -2.12. The zero-order valence-corrected chi connectivity index (χ0v) is 9.24. The quantitative estimate of drug-likeness (QED) is 0.615. The predicted octanol–water partition coefficient (Wildman–Crippen LogP) is -0.521. The molecule has 0 radical (unpaired) electrons. The molecule has 0 fully saturated rings. The van der Waals surface area contributed by atoms with E-state index in [9.17, 15) is 9.00 Å². The van der Waals surface area contributed by atoms with Crippen LogP contribution in [-0.2, 0) is 15.6 Å². The van der Waals surface area contributed by atoms with Crippen molar-refractivity contribution in [3.05, 3.63) is 0 Å². The highest BCUT2D eigenvalue weighted by atomic mass is 32.2. The highest BCUT2D eigenvalue weighted by Gasteiger charge is 2.07. The maximum atomic E-state index is 11.1. The predicted molar refractivity (Wildman–Crippen MR) is 55.1 cm³/mol. The lowest BCUT2D eigenvalue weighted by molar-refractivity contribution is -0.120. The summed E-state index contributed by atoms with van der Waals surface area (Å²) in [6.07, 6.45) is 1.63. The first-order valence-corrected chi connectivity index (χ1v) is 6.09. The van der Waals surface area contributed by atoms with Gasteiger partial charge in [0, 0.05) is 28.9 Å². The fourth-order valence-electron chi connectivity index (χ4n) is 0.958. The molecule has 0 spiro atoms. The molecule has 2 unspecified atom stereocenters. The molecule has 0 saturated heterocycles. The first-order valence-electron chi connectivity index (χ1n) is 4.36. The van der Waals surface area contributed by atoms with Gasteiger partial charge in [-0.05, 0) is 13.5 Å². The van der Waals surface area contributed by atoms with Crippen molar-refractivity contribution in [2.45, 2.75) is 19.9 Å². The standard InChI is InChI=1S/C8H18N2O2S/c1-4-9-5-8(11)10-7(2)6-13(3)12/h7,9H,4-6H2,1-3H3,(H,10,11). The highest BCUT2D eigenvalue weighted by molar-refractivity contribution is 7.84. The SMILES string of the molecule is CCNCC(=O)NC(C)CS(C)=O. The molecule has 0 aromatic rings. The van der Waals surface area contributed by atoms with Gasteiger partial charge in [0.25, 0.3) is 0 Å². The molecule has 2 N–H and O–H groups in total. The Morgan fingerprint density at radius 1 is 1.54 bits per heavy atom. The number of nitrogens with one attached hydrogen (secondary N) is 2. The maximum absolute atomic E-state index is 11.1. The normalized spacial score (nSPS) is 15.0. The summed E-state index contributed by atoms with van der Waals surface area (Å²) in [6, 6.07) is -0.0167. The van der Waals surface area contributed by atoms with Crippen molar-refractivity contribution in [1.82, 2.24) is 10.6 Å². The van der Waals surface area contributed by atoms with E-state index in [1.165, 1.54) is 0 Å². The van der Waals surface area contributed by atoms with Gasteiger partial charge in [0.1, 0.15) is 0 Å². The molecule has 0 aromatic heterocycles. The molecule has 0 aromatic carbocycles. The number of amides is 1. The molecule has 2 atom stereocenters. The van der Waals surface area contributed by atoms with Crippen molar-refractivity contribution in [3.63, 3.8) is 0 Å². The second kappa shape index (κ2) is 7.03. The molecule has 13 heavy (non-hydrogen) atoms. The van der Waals surface area contributed by atoms with Crippen molar-refractivity contribution in [1.29, 1.82) is 0 Å². The van der Waals surface area contributed by atoms with E-state index in [2.05, 4.69) is 10.6 Å². The Hall–Kier alpha value is -0.420. The van der Waals surface area contributed by atoms with Crippen molar-refractivity contribution >= 4 is 16.7 Å². The van der Waals surface area contributed by atoms with Crippen LogP contribution in [0.15, 0.2) is 0 Å². The van der Waals surface area contributed by atoms with E-state index in [1.54, 1.807) is 6.26 Å². The van der Waals surface area contributed by atoms with Crippen LogP contribution in [0.3, 0.4) is 0 Å². The van der Waals surface area contributed by atoms with Crippen molar-refractivity contribution in [2.75, 3.05) is 25.1 Å². The van der Waals surface area contributed by atoms with Crippen LogP contribution in [0, 0.1) is 0 Å². The minimum Gasteiger partial charge on any atom is -0.352 e. The zero-order chi connectivity index (χ0) is 10.3. The van der Waals surface area contributed by atoms with Crippen LogP contribution in [0.5, 0.6) is 0 Å². The molecular weight excluding hydrogens is 188 g/mol. The van der Waals surface area contributed by atoms with E-state index in [-0.39, 0.29) is 11.9 Å². The van der Waals surface area contributed by atoms with Crippen LogP contribution >= 0.6 is 0 Å². The number of hydrogen-bond acceptors (Lipinski definition) is 3. The van der Waals surface area contributed by atoms with E-state index in [0.717, 1.165) is 6.54 Å². The number of carbonyl (C=O) groups is 1. The molecule has 0 aliphatic carbocycles. The molecular formula is C8H18N2O2S. The average molecular weight is 206 g/mol. The van der Waals surface area contributed by atoms with Crippen LogP contribution in [0.4, 0.5) is 0 Å². The lowest BCUT2D eigenvalue weighted by atomic mass is 10.4. The van der Waals surface area contributed by atoms with Gasteiger partial charge in [-0.15, -0.1) is 0 Å². The molecule has 0 aliphatic rings. The average Bonchev–Trinajstić information content (AvgIpc) is 1.98. The molecule has 1 amide bonds. The van der Waals surface area contributed by atoms with E-state index in [4.69, 9.17) is 0 Å². The van der Waals surface area contributed by atoms with E-state index in [1.807, 2.05) is 13.8 Å². The summed E-state index contributed by atoms with van der Waals surface area (Å²) >= 11 is 0. The van der Waals surface area contributed by atoms with Gasteiger partial charge < -0.3 is 10.6 Å². The summed E-state index contributed by atoms with van der Waals surface area (Å²) in [6.45, 7) is 4.90. The Bertz CT molecular complexity index is 185. The fourth-order valence-corrected chi connectivity index (χ4v) is 1.75. The van der Waals surface area contributed by atoms with Gasteiger partial charge in [-0.25, -0.2) is 0 Å². The van der Waals surface area contributed by atoms with Crippen LogP contribution < -0.4 is 10.6 Å². The molecule has 0 rings (SSSR count). The van der Waals surface area contributed by atoms with Gasteiger partial charge in [-0.3, -0.25) is 9.00 Å². The Balaban J connectivity index is 3.59. The Morgan fingerprint density at radius 3 is 2.62 bits per heavy atom. The monoisotopic (exact) mass is 206 g/mol. The number of likely N-dealkylation sites (N-methyl/N-ethyl adjacent to an activating group) is 1. The lowest BCUT2D eigenvalue weighted by Crippen LogP contribution is -2.41. The fraction of sp³-hybridized carbons (Fsp3) is 0.875. The number of hydrogen-bond donors (Lipinski definition) is 2. The van der Waals surface area contributed by atoms with Crippen molar-refractivity contribution < 1.29 is 9.00 Å². The number of carbonyl (C=O) groups excluding carboxylic acids is 1. The van der Waals surface area contributed by atoms with Gasteiger partial charge >= 0.3 is 0 Å². The van der Waals surface area contributed by atoms with E-state index >= 15 is 0 Å². The molecule has 0 aliphatic heterocycles. The molecule has 78 valence electrons. The summed E-state index contributed by atoms with van der Waals surface area (Å²) in [7, 11) is -0.853. The molecule has 0 bridgehead atoms. The van der Waals surface area contributed by atoms with Crippen LogP contribution in [0.25, 0.3) is 0 Å². The summed E-state index contributed by atoms with van der Waals surface area (Å²) in [5.74, 6) is 0.470. The molecule has 0 saturated carbocycles. The van der Waals surface area contributed by atoms with Gasteiger partial charge in [0.05, 0.1) is 6.54 Å². The second-order valence-corrected chi connectivity index (χ2v) is 4.47. The van der Waals surface area contributed by atoms with E-state index in [0.29, 0.717) is 12.3 Å². The smallest absolute Gasteiger partial charge is 0.234 e. The van der Waals surface area contributed by atoms with Crippen LogP contribution in [0.2, 0.25) is 0 Å². The molecule has 0 heterocycles. The second-order valence-electron chi connectivity index (χ2n) is 2.99. The first kappa shape index (κ1) is 12.6. The Morgan fingerprint density at radius 2 is 2.15 bits per heavy atom. The van der Waals surface area contributed by atoms with Crippen molar-refractivity contribution in [2.24, 2.45) is 0 Å². The first-order chi connectivity index (χ1) is 6.06. The summed E-state index contributed by atoms with van der Waals surface area (Å²) in [5, 5.41) is 5.67. The third kappa shape index (κ3) is 7.93. The van der Waals surface area contributed by atoms with Crippen LogP contribution in [-0.4, -0.2) is 41.3 Å². The zero-order valence-electron chi connectivity index (χ0n) is 8.42. The maximum Gasteiger partial charge on any atom is 0.234 e. The largest absolute Gasteiger partial charge is 0.352 e. The summed E-state index contributed by atoms with van der Waals surface area (Å²) in [4.78, 5) is 11.1. The molecule has 4 nitrogen and oxygen atoms in total. The van der Waals surface area contributed by atoms with Gasteiger partial charge in [-0.2, -0.15) is 0 Å². The van der Waals surface area contributed by atoms with Gasteiger partial charge in [0.15, 0.2) is 0 Å². The third-order valence-corrected chi connectivity index (χ3v) is 2.40.